The molecule has 0 saturated carbocycles. The molecule has 0 aliphatic heterocycles. The summed E-state index contributed by atoms with van der Waals surface area (Å²) in [6.45, 7) is 1.77. The number of hydrogen-bond acceptors (Lipinski definition) is 8. The zero-order valence-corrected chi connectivity index (χ0v) is 13.2. The van der Waals surface area contributed by atoms with Crippen LogP contribution < -0.4 is 11.3 Å². The predicted molar refractivity (Wildman–Crippen MR) is 81.9 cm³/mol. The van der Waals surface area contributed by atoms with Crippen LogP contribution in [0.3, 0.4) is 0 Å². The number of nitrogen functional groups attached to an aromatic ring is 1. The Labute approximate surface area is 132 Å². The summed E-state index contributed by atoms with van der Waals surface area (Å²) in [5, 5.41) is 9.36. The lowest BCUT2D eigenvalue weighted by molar-refractivity contribution is -0.140. The van der Waals surface area contributed by atoms with Crippen LogP contribution in [0.4, 0.5) is 5.95 Å². The fraction of sp³-hybridized carbons (Fsp3) is 0.615. The Morgan fingerprint density at radius 2 is 2.17 bits per heavy atom. The highest BCUT2D eigenvalue weighted by atomic mass is 16.6. The molecule has 23 heavy (non-hydrogen) atoms. The third-order valence-corrected chi connectivity index (χ3v) is 3.44. The second-order valence-corrected chi connectivity index (χ2v) is 4.96. The number of imidazole rings is 1. The van der Waals surface area contributed by atoms with Gasteiger partial charge >= 0.3 is 0 Å². The smallest absolute Gasteiger partial charge is 0.280 e. The van der Waals surface area contributed by atoms with Gasteiger partial charge in [-0.25, -0.2) is 4.98 Å². The first-order chi connectivity index (χ1) is 11.0. The lowest BCUT2D eigenvalue weighted by atomic mass is 10.2. The Morgan fingerprint density at radius 3 is 2.78 bits per heavy atom. The second kappa shape index (κ2) is 7.51. The van der Waals surface area contributed by atoms with E-state index >= 15 is 0 Å². The summed E-state index contributed by atoms with van der Waals surface area (Å²) in [5.74, 6) is -0.00461. The summed E-state index contributed by atoms with van der Waals surface area (Å²) in [7, 11) is 3.01. The minimum Gasteiger partial charge on any atom is -0.394 e. The third kappa shape index (κ3) is 3.67. The molecular weight excluding hydrogens is 306 g/mol. The molecule has 0 fully saturated rings. The first-order valence-electron chi connectivity index (χ1n) is 7.02. The van der Waals surface area contributed by atoms with E-state index in [0.717, 1.165) is 0 Å². The Balaban J connectivity index is 2.29. The lowest BCUT2D eigenvalue weighted by Gasteiger charge is -2.27. The number of aromatic nitrogens is 4. The Bertz CT molecular complexity index is 696. The Kier molecular flexibility index (Phi) is 5.66. The maximum absolute atomic E-state index is 11.8. The van der Waals surface area contributed by atoms with E-state index in [4.69, 9.17) is 19.9 Å². The van der Waals surface area contributed by atoms with Gasteiger partial charge in [0, 0.05) is 14.2 Å². The molecule has 0 aliphatic rings. The largest absolute Gasteiger partial charge is 0.394 e. The molecule has 0 bridgehead atoms. The van der Waals surface area contributed by atoms with Crippen LogP contribution in [0.5, 0.6) is 0 Å². The van der Waals surface area contributed by atoms with Gasteiger partial charge < -0.3 is 25.1 Å². The molecule has 0 spiro atoms. The highest BCUT2D eigenvalue weighted by Gasteiger charge is 2.25. The lowest BCUT2D eigenvalue weighted by Crippen LogP contribution is -2.38. The summed E-state index contributed by atoms with van der Waals surface area (Å²) in [4.78, 5) is 22.3. The van der Waals surface area contributed by atoms with E-state index in [9.17, 15) is 9.90 Å². The zero-order chi connectivity index (χ0) is 17.0. The summed E-state index contributed by atoms with van der Waals surface area (Å²) >= 11 is 0. The molecule has 10 nitrogen and oxygen atoms in total. The highest BCUT2D eigenvalue weighted by molar-refractivity contribution is 5.70. The molecule has 0 radical (unpaired) electrons. The maximum Gasteiger partial charge on any atom is 0.280 e. The molecule has 2 aromatic heterocycles. The molecule has 0 saturated heterocycles. The van der Waals surface area contributed by atoms with Crippen LogP contribution >= 0.6 is 0 Å². The van der Waals surface area contributed by atoms with E-state index in [1.165, 1.54) is 20.5 Å². The Hall–Kier alpha value is -2.01. The summed E-state index contributed by atoms with van der Waals surface area (Å²) in [6, 6.07) is 0. The van der Waals surface area contributed by atoms with Crippen molar-refractivity contribution in [3.8, 4) is 0 Å². The monoisotopic (exact) mass is 327 g/mol. The number of methoxy groups -OCH3 is 2. The van der Waals surface area contributed by atoms with E-state index in [2.05, 4.69) is 15.0 Å². The van der Waals surface area contributed by atoms with Crippen molar-refractivity contribution in [3.05, 3.63) is 16.7 Å². The van der Waals surface area contributed by atoms with E-state index in [1.54, 1.807) is 11.5 Å². The molecule has 2 heterocycles. The molecule has 2 aromatic rings. The van der Waals surface area contributed by atoms with Crippen LogP contribution in [0, 0.1) is 0 Å². The maximum atomic E-state index is 11.8. The van der Waals surface area contributed by atoms with E-state index in [-0.39, 0.29) is 24.7 Å². The van der Waals surface area contributed by atoms with Crippen molar-refractivity contribution >= 4 is 17.1 Å². The number of fused-ring (bicyclic) bond motifs is 1. The van der Waals surface area contributed by atoms with Crippen molar-refractivity contribution in [2.75, 3.05) is 33.2 Å². The summed E-state index contributed by atoms with van der Waals surface area (Å²) in [6.07, 6.45) is -0.143. The van der Waals surface area contributed by atoms with Crippen molar-refractivity contribution in [1.29, 1.82) is 0 Å². The highest BCUT2D eigenvalue weighted by Crippen LogP contribution is 2.18. The first kappa shape index (κ1) is 17.3. The van der Waals surface area contributed by atoms with Gasteiger partial charge in [0.15, 0.2) is 11.2 Å². The standard InChI is InChI=1S/C13H21N5O5/c1-7(23-9(5-21-2)8(4-19)22-3)18-6-15-10-11(18)16-13(14)17-12(10)20/h6-9,19H,4-5H2,1-3H3,(H3,14,16,17,20)/t7?,8?,9-/m0/s1. The molecule has 4 N–H and O–H groups in total. The number of hydrogen-bond donors (Lipinski definition) is 3. The minimum atomic E-state index is -0.548. The first-order valence-corrected chi connectivity index (χ1v) is 7.02. The fourth-order valence-electron chi connectivity index (χ4n) is 2.27. The van der Waals surface area contributed by atoms with Gasteiger partial charge in [0.2, 0.25) is 5.95 Å². The molecule has 2 unspecified atom stereocenters. The average Bonchev–Trinajstić information content (AvgIpc) is 2.92. The average molecular weight is 327 g/mol. The van der Waals surface area contributed by atoms with Crippen molar-refractivity contribution < 1.29 is 19.3 Å². The van der Waals surface area contributed by atoms with Crippen molar-refractivity contribution in [2.45, 2.75) is 25.4 Å². The van der Waals surface area contributed by atoms with Crippen molar-refractivity contribution in [2.24, 2.45) is 0 Å². The van der Waals surface area contributed by atoms with E-state index < -0.39 is 24.0 Å². The Morgan fingerprint density at radius 1 is 1.43 bits per heavy atom. The molecule has 128 valence electrons. The van der Waals surface area contributed by atoms with Gasteiger partial charge in [-0.3, -0.25) is 14.3 Å². The molecular formula is C13H21N5O5. The second-order valence-electron chi connectivity index (χ2n) is 4.96. The molecule has 3 atom stereocenters. The van der Waals surface area contributed by atoms with Gasteiger partial charge in [-0.05, 0) is 6.92 Å². The number of anilines is 1. The third-order valence-electron chi connectivity index (χ3n) is 3.44. The van der Waals surface area contributed by atoms with Gasteiger partial charge in [0.05, 0.1) is 19.5 Å². The molecule has 0 aromatic carbocycles. The van der Waals surface area contributed by atoms with Crippen molar-refractivity contribution in [3.63, 3.8) is 0 Å². The van der Waals surface area contributed by atoms with Gasteiger partial charge in [-0.1, -0.05) is 0 Å². The fourth-order valence-corrected chi connectivity index (χ4v) is 2.27. The number of aliphatic hydroxyl groups excluding tert-OH is 1. The van der Waals surface area contributed by atoms with Gasteiger partial charge in [-0.2, -0.15) is 4.98 Å². The van der Waals surface area contributed by atoms with E-state index in [1.807, 2.05) is 0 Å². The molecule has 2 rings (SSSR count). The quantitative estimate of drug-likeness (QED) is 0.576. The topological polar surface area (TPSA) is 138 Å². The van der Waals surface area contributed by atoms with Gasteiger partial charge in [0.1, 0.15) is 18.4 Å². The van der Waals surface area contributed by atoms with Crippen LogP contribution in [0.1, 0.15) is 13.2 Å². The van der Waals surface area contributed by atoms with Crippen LogP contribution in [0.2, 0.25) is 0 Å². The van der Waals surface area contributed by atoms with Crippen LogP contribution in [0.15, 0.2) is 11.1 Å². The number of ether oxygens (including phenoxy) is 3. The minimum absolute atomic E-state index is 0.00461. The zero-order valence-electron chi connectivity index (χ0n) is 13.2. The van der Waals surface area contributed by atoms with Crippen LogP contribution in [0.25, 0.3) is 11.2 Å². The summed E-state index contributed by atoms with van der Waals surface area (Å²) < 4.78 is 17.8. The number of nitrogens with two attached hydrogens (primary N) is 1. The molecule has 10 heteroatoms. The normalized spacial score (nSPS) is 15.7. The van der Waals surface area contributed by atoms with Crippen LogP contribution in [-0.4, -0.2) is 64.3 Å². The van der Waals surface area contributed by atoms with Crippen molar-refractivity contribution in [1.82, 2.24) is 19.5 Å². The number of rotatable bonds is 8. The molecule has 0 amide bonds. The number of nitrogens with one attached hydrogen (secondary N) is 1. The van der Waals surface area contributed by atoms with Crippen LogP contribution in [-0.2, 0) is 14.2 Å². The number of aromatic amines is 1. The van der Waals surface area contributed by atoms with Gasteiger partial charge in [-0.15, -0.1) is 0 Å². The molecule has 0 aliphatic carbocycles. The van der Waals surface area contributed by atoms with E-state index in [0.29, 0.717) is 5.65 Å². The summed E-state index contributed by atoms with van der Waals surface area (Å²) in [5.41, 5.74) is 5.63. The number of nitrogens with zero attached hydrogens (tertiary/aromatic N) is 3. The predicted octanol–water partition coefficient (Wildman–Crippen LogP) is -0.741. The van der Waals surface area contributed by atoms with Gasteiger partial charge in [0.25, 0.3) is 5.56 Å². The SMILES string of the molecule is COC[C@H](OC(C)n1cnc2c(=O)[nH]c(N)nc21)C(CO)OC. The number of H-pyrrole nitrogens is 1. The number of aliphatic hydroxyl groups is 1.